The first kappa shape index (κ1) is 18.6. The second-order valence-electron chi connectivity index (χ2n) is 6.69. The lowest BCUT2D eigenvalue weighted by molar-refractivity contribution is -0.274. The van der Waals surface area contributed by atoms with Gasteiger partial charge in [0, 0.05) is 19.1 Å². The maximum atomic E-state index is 12.7. The van der Waals surface area contributed by atoms with Crippen LogP contribution in [0, 0.1) is 5.92 Å². The summed E-state index contributed by atoms with van der Waals surface area (Å²) in [5, 5.41) is 0. The predicted molar refractivity (Wildman–Crippen MR) is 84.1 cm³/mol. The van der Waals surface area contributed by atoms with Crippen LogP contribution in [0.3, 0.4) is 0 Å². The van der Waals surface area contributed by atoms with Gasteiger partial charge in [-0.1, -0.05) is 25.0 Å². The monoisotopic (exact) mass is 344 g/mol. The molecule has 0 aliphatic heterocycles. The fourth-order valence-electron chi connectivity index (χ4n) is 3.22. The normalized spacial score (nSPS) is 24.5. The molecule has 2 rings (SSSR count). The number of amides is 1. The molecule has 1 saturated carbocycles. The van der Waals surface area contributed by atoms with Crippen LogP contribution >= 0.6 is 0 Å². The Morgan fingerprint density at radius 1 is 1.42 bits per heavy atom. The molecular formula is C17H23F3N2O2. The van der Waals surface area contributed by atoms with Crippen molar-refractivity contribution >= 4 is 5.91 Å². The minimum Gasteiger partial charge on any atom is -0.406 e. The molecule has 0 bridgehead atoms. The zero-order chi connectivity index (χ0) is 18.0. The van der Waals surface area contributed by atoms with Gasteiger partial charge in [-0.05, 0) is 37.5 Å². The van der Waals surface area contributed by atoms with Gasteiger partial charge in [-0.3, -0.25) is 4.79 Å². The van der Waals surface area contributed by atoms with E-state index in [1.54, 1.807) is 13.1 Å². The third-order valence-electron chi connectivity index (χ3n) is 4.48. The summed E-state index contributed by atoms with van der Waals surface area (Å²) < 4.78 is 40.8. The molecular weight excluding hydrogens is 321 g/mol. The quantitative estimate of drug-likeness (QED) is 0.910. The molecule has 1 aliphatic carbocycles. The fraction of sp³-hybridized carbons (Fsp3) is 0.588. The molecule has 2 unspecified atom stereocenters. The molecule has 7 heteroatoms. The Hall–Kier alpha value is -1.76. The summed E-state index contributed by atoms with van der Waals surface area (Å²) in [4.78, 5) is 14.2. The maximum Gasteiger partial charge on any atom is 0.573 e. The van der Waals surface area contributed by atoms with Gasteiger partial charge in [-0.15, -0.1) is 13.2 Å². The number of nitrogens with zero attached hydrogens (tertiary/aromatic N) is 1. The molecule has 2 N–H and O–H groups in total. The van der Waals surface area contributed by atoms with Crippen LogP contribution in [0.15, 0.2) is 24.3 Å². The largest absolute Gasteiger partial charge is 0.573 e. The number of halogens is 3. The van der Waals surface area contributed by atoms with E-state index >= 15 is 0 Å². The lowest BCUT2D eigenvalue weighted by atomic mass is 9.74. The second-order valence-corrected chi connectivity index (χ2v) is 6.69. The van der Waals surface area contributed by atoms with E-state index in [1.807, 2.05) is 6.92 Å². The van der Waals surface area contributed by atoms with Gasteiger partial charge < -0.3 is 15.4 Å². The van der Waals surface area contributed by atoms with Gasteiger partial charge in [-0.2, -0.15) is 0 Å². The number of ether oxygens (including phenoxy) is 1. The predicted octanol–water partition coefficient (Wildman–Crippen LogP) is 3.45. The second kappa shape index (κ2) is 7.01. The summed E-state index contributed by atoms with van der Waals surface area (Å²) in [6.45, 7) is 2.10. The molecule has 1 aromatic rings. The zero-order valence-corrected chi connectivity index (χ0v) is 13.9. The van der Waals surface area contributed by atoms with Crippen molar-refractivity contribution in [1.29, 1.82) is 0 Å². The topological polar surface area (TPSA) is 55.6 Å². The Morgan fingerprint density at radius 2 is 2.12 bits per heavy atom. The van der Waals surface area contributed by atoms with Crippen LogP contribution in [-0.4, -0.2) is 29.8 Å². The van der Waals surface area contributed by atoms with Crippen molar-refractivity contribution in [2.45, 2.75) is 51.1 Å². The van der Waals surface area contributed by atoms with Gasteiger partial charge in [0.05, 0.1) is 5.92 Å². The highest BCUT2D eigenvalue weighted by molar-refractivity contribution is 5.80. The summed E-state index contributed by atoms with van der Waals surface area (Å²) in [7, 11) is 1.64. The minimum absolute atomic E-state index is 0.0677. The van der Waals surface area contributed by atoms with Crippen molar-refractivity contribution in [3.63, 3.8) is 0 Å². The van der Waals surface area contributed by atoms with Crippen molar-refractivity contribution in [1.82, 2.24) is 4.90 Å². The van der Waals surface area contributed by atoms with Crippen molar-refractivity contribution < 1.29 is 22.7 Å². The highest BCUT2D eigenvalue weighted by atomic mass is 19.4. The zero-order valence-electron chi connectivity index (χ0n) is 13.9. The lowest BCUT2D eigenvalue weighted by Crippen LogP contribution is -2.53. The van der Waals surface area contributed by atoms with Crippen LogP contribution < -0.4 is 10.5 Å². The number of nitrogens with two attached hydrogens (primary N) is 1. The number of benzene rings is 1. The molecule has 1 aliphatic rings. The average Bonchev–Trinajstić information content (AvgIpc) is 2.44. The van der Waals surface area contributed by atoms with Crippen molar-refractivity contribution in [3.05, 3.63) is 29.8 Å². The van der Waals surface area contributed by atoms with E-state index in [9.17, 15) is 18.0 Å². The highest BCUT2D eigenvalue weighted by Gasteiger charge is 2.39. The molecule has 0 spiro atoms. The number of alkyl halides is 3. The number of hydrogen-bond donors (Lipinski definition) is 1. The van der Waals surface area contributed by atoms with Gasteiger partial charge in [0.2, 0.25) is 5.91 Å². The van der Waals surface area contributed by atoms with Crippen molar-refractivity contribution in [3.8, 4) is 5.75 Å². The Morgan fingerprint density at radius 3 is 2.75 bits per heavy atom. The molecule has 134 valence electrons. The van der Waals surface area contributed by atoms with E-state index in [1.165, 1.54) is 23.1 Å². The van der Waals surface area contributed by atoms with Crippen LogP contribution in [0.5, 0.6) is 5.75 Å². The van der Waals surface area contributed by atoms with Crippen molar-refractivity contribution in [2.75, 3.05) is 7.05 Å². The Kier molecular flexibility index (Phi) is 5.42. The van der Waals surface area contributed by atoms with Crippen LogP contribution in [0.1, 0.15) is 38.2 Å². The minimum atomic E-state index is -4.73. The number of rotatable bonds is 4. The lowest BCUT2D eigenvalue weighted by Gasteiger charge is -2.39. The fourth-order valence-corrected chi connectivity index (χ4v) is 3.22. The molecule has 24 heavy (non-hydrogen) atoms. The highest BCUT2D eigenvalue weighted by Crippen LogP contribution is 2.33. The standard InChI is InChI=1S/C17H23F3N2O2/c1-16(21)9-4-3-8-14(16)15(23)22(2)11-12-6-5-7-13(10-12)24-17(18,19)20/h5-7,10,14H,3-4,8-9,11,21H2,1-2H3. The average molecular weight is 344 g/mol. The van der Waals surface area contributed by atoms with E-state index in [-0.39, 0.29) is 24.1 Å². The van der Waals surface area contributed by atoms with Gasteiger partial charge in [0.25, 0.3) is 0 Å². The van der Waals surface area contributed by atoms with E-state index in [0.29, 0.717) is 5.56 Å². The summed E-state index contributed by atoms with van der Waals surface area (Å²) in [5.74, 6) is -0.616. The number of hydrogen-bond acceptors (Lipinski definition) is 3. The molecule has 0 aromatic heterocycles. The van der Waals surface area contributed by atoms with Crippen molar-refractivity contribution in [2.24, 2.45) is 11.7 Å². The molecule has 1 fully saturated rings. The van der Waals surface area contributed by atoms with E-state index in [2.05, 4.69) is 4.74 Å². The van der Waals surface area contributed by atoms with E-state index in [0.717, 1.165) is 25.7 Å². The summed E-state index contributed by atoms with van der Waals surface area (Å²) in [5.41, 5.74) is 6.29. The summed E-state index contributed by atoms with van der Waals surface area (Å²) >= 11 is 0. The third kappa shape index (κ3) is 4.87. The van der Waals surface area contributed by atoms with E-state index in [4.69, 9.17) is 5.73 Å². The molecule has 0 saturated heterocycles. The molecule has 1 aromatic carbocycles. The van der Waals surface area contributed by atoms with Crippen LogP contribution in [0.25, 0.3) is 0 Å². The molecule has 1 amide bonds. The molecule has 0 heterocycles. The summed E-state index contributed by atoms with van der Waals surface area (Å²) in [6, 6.07) is 5.66. The Balaban J connectivity index is 2.05. The first-order chi connectivity index (χ1) is 11.1. The van der Waals surface area contributed by atoms with Crippen LogP contribution in [-0.2, 0) is 11.3 Å². The van der Waals surface area contributed by atoms with Gasteiger partial charge in [0.15, 0.2) is 0 Å². The molecule has 2 atom stereocenters. The van der Waals surface area contributed by atoms with Gasteiger partial charge in [-0.25, -0.2) is 0 Å². The number of carbonyl (C=O) groups is 1. The Labute approximate surface area is 139 Å². The smallest absolute Gasteiger partial charge is 0.406 e. The third-order valence-corrected chi connectivity index (χ3v) is 4.48. The van der Waals surface area contributed by atoms with Crippen LogP contribution in [0.2, 0.25) is 0 Å². The first-order valence-corrected chi connectivity index (χ1v) is 7.97. The van der Waals surface area contributed by atoms with Gasteiger partial charge >= 0.3 is 6.36 Å². The first-order valence-electron chi connectivity index (χ1n) is 7.97. The van der Waals surface area contributed by atoms with Gasteiger partial charge in [0.1, 0.15) is 5.75 Å². The molecule has 4 nitrogen and oxygen atoms in total. The van der Waals surface area contributed by atoms with Crippen LogP contribution in [0.4, 0.5) is 13.2 Å². The summed E-state index contributed by atoms with van der Waals surface area (Å²) in [6.07, 6.45) is -1.22. The maximum absolute atomic E-state index is 12.7. The SMILES string of the molecule is CN(Cc1cccc(OC(F)(F)F)c1)C(=O)C1CCCCC1(C)N. The molecule has 0 radical (unpaired) electrons. The number of carbonyl (C=O) groups excluding carboxylic acids is 1. The van der Waals surface area contributed by atoms with E-state index < -0.39 is 11.9 Å². The Bertz CT molecular complexity index is 587.